The molecule has 0 radical (unpaired) electrons. The summed E-state index contributed by atoms with van der Waals surface area (Å²) < 4.78 is 7.12. The maximum atomic E-state index is 13.8. The van der Waals surface area contributed by atoms with Crippen LogP contribution in [0.25, 0.3) is 0 Å². The highest BCUT2D eigenvalue weighted by atomic mass is 16.5. The van der Waals surface area contributed by atoms with Crippen molar-refractivity contribution in [2.75, 3.05) is 23.1 Å². The minimum atomic E-state index is -0.554. The third-order valence-corrected chi connectivity index (χ3v) is 6.50. The summed E-state index contributed by atoms with van der Waals surface area (Å²) in [6.45, 7) is 5.80. The van der Waals surface area contributed by atoms with Crippen LogP contribution in [-0.2, 0) is 4.79 Å². The quantitative estimate of drug-likeness (QED) is 0.312. The van der Waals surface area contributed by atoms with Gasteiger partial charge in [-0.15, -0.1) is 0 Å². The van der Waals surface area contributed by atoms with E-state index in [0.29, 0.717) is 39.8 Å². The fourth-order valence-corrected chi connectivity index (χ4v) is 4.72. The van der Waals surface area contributed by atoms with E-state index in [9.17, 15) is 9.59 Å². The number of para-hydroxylation sites is 2. The summed E-state index contributed by atoms with van der Waals surface area (Å²) in [7, 11) is 1.56. The molecule has 0 spiro atoms. The second-order valence-corrected chi connectivity index (χ2v) is 9.31. The van der Waals surface area contributed by atoms with Crippen LogP contribution in [0.1, 0.15) is 40.0 Å². The molecule has 1 aromatic heterocycles. The number of nitrogens with zero attached hydrogens (tertiary/aromatic N) is 2. The SMILES string of the molecule is COc1ccccc1NC(=O)C1=C(C)Nc2c(C(=O)Nc3cccc(C)c3)cnn2[C@@H]1c1cccc(C)c1. The predicted octanol–water partition coefficient (Wildman–Crippen LogP) is 5.69. The lowest BCUT2D eigenvalue weighted by Crippen LogP contribution is -2.32. The number of hydrogen-bond donors (Lipinski definition) is 3. The van der Waals surface area contributed by atoms with Crippen LogP contribution in [-0.4, -0.2) is 28.7 Å². The first-order valence-electron chi connectivity index (χ1n) is 12.3. The Kier molecular flexibility index (Phi) is 6.70. The molecule has 0 aliphatic carbocycles. The molecule has 0 saturated heterocycles. The number of carbonyl (C=O) groups excluding carboxylic acids is 2. The van der Waals surface area contributed by atoms with Gasteiger partial charge in [0.25, 0.3) is 11.8 Å². The molecule has 0 unspecified atom stereocenters. The maximum absolute atomic E-state index is 13.8. The minimum absolute atomic E-state index is 0.290. The largest absolute Gasteiger partial charge is 0.495 e. The molecule has 8 nitrogen and oxygen atoms in total. The highest BCUT2D eigenvalue weighted by Crippen LogP contribution is 2.38. The number of anilines is 3. The maximum Gasteiger partial charge on any atom is 0.261 e. The minimum Gasteiger partial charge on any atom is -0.495 e. The molecule has 1 aliphatic rings. The Bertz CT molecular complexity index is 1570. The fourth-order valence-electron chi connectivity index (χ4n) is 4.72. The molecule has 0 fully saturated rings. The van der Waals surface area contributed by atoms with Crippen LogP contribution in [0.3, 0.4) is 0 Å². The molecule has 38 heavy (non-hydrogen) atoms. The summed E-state index contributed by atoms with van der Waals surface area (Å²) in [5.74, 6) is 0.498. The van der Waals surface area contributed by atoms with E-state index in [1.165, 1.54) is 6.20 Å². The van der Waals surface area contributed by atoms with Gasteiger partial charge in [0.05, 0.1) is 24.6 Å². The van der Waals surface area contributed by atoms with Gasteiger partial charge in [0.15, 0.2) is 0 Å². The van der Waals surface area contributed by atoms with Crippen LogP contribution >= 0.6 is 0 Å². The van der Waals surface area contributed by atoms with Crippen molar-refractivity contribution in [3.05, 3.63) is 113 Å². The van der Waals surface area contributed by atoms with Gasteiger partial charge in [-0.05, 0) is 56.2 Å². The molecule has 2 amide bonds. The monoisotopic (exact) mass is 507 g/mol. The van der Waals surface area contributed by atoms with Gasteiger partial charge in [-0.25, -0.2) is 4.68 Å². The van der Waals surface area contributed by atoms with Crippen molar-refractivity contribution in [1.29, 1.82) is 0 Å². The van der Waals surface area contributed by atoms with Gasteiger partial charge in [-0.2, -0.15) is 5.10 Å². The molecular formula is C30H29N5O3. The van der Waals surface area contributed by atoms with E-state index in [0.717, 1.165) is 16.7 Å². The van der Waals surface area contributed by atoms with Gasteiger partial charge in [-0.3, -0.25) is 9.59 Å². The zero-order valence-electron chi connectivity index (χ0n) is 21.7. The number of aryl methyl sites for hydroxylation is 2. The molecule has 5 rings (SSSR count). The van der Waals surface area contributed by atoms with E-state index in [-0.39, 0.29) is 11.8 Å². The van der Waals surface area contributed by atoms with Crippen LogP contribution in [0.15, 0.2) is 90.3 Å². The van der Waals surface area contributed by atoms with Crippen LogP contribution in [0.5, 0.6) is 5.75 Å². The topological polar surface area (TPSA) is 97.3 Å². The number of ether oxygens (including phenoxy) is 1. The number of benzene rings is 3. The lowest BCUT2D eigenvalue weighted by molar-refractivity contribution is -0.113. The molecule has 2 heterocycles. The Morgan fingerprint density at radius 3 is 2.37 bits per heavy atom. The summed E-state index contributed by atoms with van der Waals surface area (Å²) in [5, 5.41) is 13.8. The number of allylic oxidation sites excluding steroid dienone is 1. The molecular weight excluding hydrogens is 478 g/mol. The number of methoxy groups -OCH3 is 1. The Balaban J connectivity index is 1.55. The van der Waals surface area contributed by atoms with Crippen LogP contribution < -0.4 is 20.7 Å². The Morgan fingerprint density at radius 1 is 0.895 bits per heavy atom. The highest BCUT2D eigenvalue weighted by Gasteiger charge is 2.35. The Labute approximate surface area is 221 Å². The van der Waals surface area contributed by atoms with Crippen molar-refractivity contribution in [3.8, 4) is 5.75 Å². The first-order valence-corrected chi connectivity index (χ1v) is 12.3. The molecule has 1 atom stereocenters. The summed E-state index contributed by atoms with van der Waals surface area (Å²) in [6, 6.07) is 22.3. The number of nitrogens with one attached hydrogen (secondary N) is 3. The molecule has 4 aromatic rings. The first-order chi connectivity index (χ1) is 18.4. The van der Waals surface area contributed by atoms with Crippen molar-refractivity contribution in [2.24, 2.45) is 0 Å². The standard InChI is InChI=1S/C30H29N5O3/c1-18-9-7-11-21(15-18)27-26(30(37)34-24-13-5-6-14-25(24)38-4)20(3)32-28-23(17-31-35(27)28)29(36)33-22-12-8-10-19(2)16-22/h5-17,27,32H,1-4H3,(H,33,36)(H,34,37)/t27-/m1/s1. The van der Waals surface area contributed by atoms with Crippen molar-refractivity contribution in [1.82, 2.24) is 9.78 Å². The summed E-state index contributed by atoms with van der Waals surface area (Å²) in [6.07, 6.45) is 1.53. The average molecular weight is 508 g/mol. The van der Waals surface area contributed by atoms with Crippen molar-refractivity contribution in [2.45, 2.75) is 26.8 Å². The van der Waals surface area contributed by atoms with E-state index in [1.54, 1.807) is 23.9 Å². The van der Waals surface area contributed by atoms with Gasteiger partial charge < -0.3 is 20.7 Å². The van der Waals surface area contributed by atoms with E-state index in [1.807, 2.05) is 81.4 Å². The molecule has 0 saturated carbocycles. The number of aromatic nitrogens is 2. The summed E-state index contributed by atoms with van der Waals surface area (Å²) in [4.78, 5) is 27.0. The zero-order valence-corrected chi connectivity index (χ0v) is 21.7. The second kappa shape index (κ2) is 10.3. The lowest BCUT2D eigenvalue weighted by Gasteiger charge is -2.30. The number of amides is 2. The molecule has 3 N–H and O–H groups in total. The molecule has 1 aliphatic heterocycles. The molecule has 0 bridgehead atoms. The predicted molar refractivity (Wildman–Crippen MR) is 149 cm³/mol. The number of fused-ring (bicyclic) bond motifs is 1. The Hall–Kier alpha value is -4.85. The normalized spacial score (nSPS) is 14.4. The van der Waals surface area contributed by atoms with Gasteiger partial charge in [0.1, 0.15) is 23.2 Å². The number of carbonyl (C=O) groups is 2. The third kappa shape index (κ3) is 4.76. The third-order valence-electron chi connectivity index (χ3n) is 6.50. The van der Waals surface area contributed by atoms with Crippen LogP contribution in [0, 0.1) is 13.8 Å². The molecule has 3 aromatic carbocycles. The zero-order chi connectivity index (χ0) is 26.8. The van der Waals surface area contributed by atoms with E-state index < -0.39 is 6.04 Å². The highest BCUT2D eigenvalue weighted by molar-refractivity contribution is 6.09. The van der Waals surface area contributed by atoms with Gasteiger partial charge in [0.2, 0.25) is 0 Å². The van der Waals surface area contributed by atoms with Gasteiger partial charge in [-0.1, -0.05) is 54.1 Å². The van der Waals surface area contributed by atoms with E-state index in [4.69, 9.17) is 4.74 Å². The van der Waals surface area contributed by atoms with Gasteiger partial charge >= 0.3 is 0 Å². The smallest absolute Gasteiger partial charge is 0.261 e. The van der Waals surface area contributed by atoms with Crippen LogP contribution in [0.2, 0.25) is 0 Å². The van der Waals surface area contributed by atoms with E-state index in [2.05, 4.69) is 21.0 Å². The summed E-state index contributed by atoms with van der Waals surface area (Å²) in [5.41, 5.74) is 5.73. The molecule has 192 valence electrons. The van der Waals surface area contributed by atoms with Crippen molar-refractivity contribution < 1.29 is 14.3 Å². The van der Waals surface area contributed by atoms with Gasteiger partial charge in [0, 0.05) is 11.4 Å². The Morgan fingerprint density at radius 2 is 1.63 bits per heavy atom. The average Bonchev–Trinajstić information content (AvgIpc) is 3.31. The lowest BCUT2D eigenvalue weighted by atomic mass is 9.93. The molecule has 8 heteroatoms. The van der Waals surface area contributed by atoms with Crippen molar-refractivity contribution in [3.63, 3.8) is 0 Å². The van der Waals surface area contributed by atoms with Crippen molar-refractivity contribution >= 4 is 29.0 Å². The second-order valence-electron chi connectivity index (χ2n) is 9.31. The fraction of sp³-hybridized carbons (Fsp3) is 0.167. The summed E-state index contributed by atoms with van der Waals surface area (Å²) >= 11 is 0. The van der Waals surface area contributed by atoms with E-state index >= 15 is 0 Å². The number of hydrogen-bond acceptors (Lipinski definition) is 5. The first kappa shape index (κ1) is 24.8. The van der Waals surface area contributed by atoms with Crippen LogP contribution in [0.4, 0.5) is 17.2 Å². The number of rotatable bonds is 6.